The lowest BCUT2D eigenvalue weighted by atomic mass is 10.2. The molecule has 0 spiro atoms. The number of rotatable bonds is 9. The topological polar surface area (TPSA) is 119 Å². The maximum atomic E-state index is 12.7. The third-order valence-electron chi connectivity index (χ3n) is 4.63. The largest absolute Gasteiger partial charge is 0.493 e. The zero-order valence-electron chi connectivity index (χ0n) is 19.1. The molecule has 0 aliphatic heterocycles. The summed E-state index contributed by atoms with van der Waals surface area (Å²) in [6, 6.07) is 5.92. The van der Waals surface area contributed by atoms with Gasteiger partial charge in [-0.3, -0.25) is 20.4 Å². The maximum Gasteiger partial charge on any atom is 0.286 e. The zero-order valence-corrected chi connectivity index (χ0v) is 19.9. The van der Waals surface area contributed by atoms with E-state index in [4.69, 9.17) is 9.47 Å². The van der Waals surface area contributed by atoms with E-state index >= 15 is 0 Å². The molecule has 0 radical (unpaired) electrons. The minimum atomic E-state index is -3.71. The molecule has 1 aromatic heterocycles. The van der Waals surface area contributed by atoms with Crippen molar-refractivity contribution in [1.82, 2.24) is 19.7 Å². The number of ether oxygens (including phenoxy) is 2. The van der Waals surface area contributed by atoms with E-state index in [0.717, 1.165) is 0 Å². The number of sulfonamides is 1. The third kappa shape index (κ3) is 5.60. The van der Waals surface area contributed by atoms with E-state index < -0.39 is 21.8 Å². The van der Waals surface area contributed by atoms with Gasteiger partial charge < -0.3 is 14.0 Å². The Hall–Kier alpha value is -3.05. The first kappa shape index (κ1) is 25.2. The highest BCUT2D eigenvalue weighted by atomic mass is 32.2. The van der Waals surface area contributed by atoms with Crippen molar-refractivity contribution in [2.45, 2.75) is 38.7 Å². The Morgan fingerprint density at radius 1 is 1.06 bits per heavy atom. The molecule has 0 unspecified atom stereocenters. The average molecular weight is 467 g/mol. The fourth-order valence-corrected chi connectivity index (χ4v) is 4.55. The van der Waals surface area contributed by atoms with E-state index in [2.05, 4.69) is 10.9 Å². The summed E-state index contributed by atoms with van der Waals surface area (Å²) in [5.41, 5.74) is 4.95. The molecule has 0 saturated heterocycles. The Balaban J connectivity index is 2.13. The van der Waals surface area contributed by atoms with Crippen LogP contribution in [0.3, 0.4) is 0 Å². The Morgan fingerprint density at radius 3 is 2.25 bits per heavy atom. The van der Waals surface area contributed by atoms with Crippen molar-refractivity contribution in [3.8, 4) is 11.5 Å². The number of carbonyl (C=O) groups is 2. The summed E-state index contributed by atoms with van der Waals surface area (Å²) in [4.78, 5) is 25.0. The molecular formula is C21H30N4O6S. The van der Waals surface area contributed by atoms with Crippen LogP contribution in [0.5, 0.6) is 11.5 Å². The van der Waals surface area contributed by atoms with Gasteiger partial charge in [-0.25, -0.2) is 8.42 Å². The molecule has 176 valence electrons. The molecule has 0 bridgehead atoms. The van der Waals surface area contributed by atoms with Crippen LogP contribution in [-0.2, 0) is 17.1 Å². The highest BCUT2D eigenvalue weighted by Crippen LogP contribution is 2.29. The number of amides is 2. The van der Waals surface area contributed by atoms with E-state index in [1.165, 1.54) is 34.3 Å². The van der Waals surface area contributed by atoms with Crippen molar-refractivity contribution in [2.75, 3.05) is 20.2 Å². The van der Waals surface area contributed by atoms with Gasteiger partial charge in [0.05, 0.1) is 13.2 Å². The van der Waals surface area contributed by atoms with Gasteiger partial charge >= 0.3 is 0 Å². The number of methoxy groups -OCH3 is 1. The average Bonchev–Trinajstić information content (AvgIpc) is 3.15. The smallest absolute Gasteiger partial charge is 0.286 e. The molecule has 0 aliphatic rings. The number of hydrazine groups is 1. The van der Waals surface area contributed by atoms with Crippen LogP contribution in [0.4, 0.5) is 0 Å². The number of aromatic nitrogens is 1. The number of benzene rings is 1. The molecule has 2 amide bonds. The van der Waals surface area contributed by atoms with Crippen LogP contribution >= 0.6 is 0 Å². The van der Waals surface area contributed by atoms with Gasteiger partial charge in [-0.2, -0.15) is 4.31 Å². The van der Waals surface area contributed by atoms with Crippen molar-refractivity contribution in [2.24, 2.45) is 7.05 Å². The predicted molar refractivity (Wildman–Crippen MR) is 119 cm³/mol. The van der Waals surface area contributed by atoms with Gasteiger partial charge in [-0.15, -0.1) is 0 Å². The first-order valence-electron chi connectivity index (χ1n) is 10.2. The molecule has 1 aromatic carbocycles. The van der Waals surface area contributed by atoms with Crippen LogP contribution in [0, 0.1) is 0 Å². The Labute approximate surface area is 188 Å². The first-order chi connectivity index (χ1) is 15.0. The summed E-state index contributed by atoms with van der Waals surface area (Å²) in [5.74, 6) is -0.355. The van der Waals surface area contributed by atoms with Crippen LogP contribution in [0.25, 0.3) is 0 Å². The fourth-order valence-electron chi connectivity index (χ4n) is 3.02. The van der Waals surface area contributed by atoms with E-state index in [0.29, 0.717) is 24.6 Å². The van der Waals surface area contributed by atoms with Gasteiger partial charge in [0, 0.05) is 31.9 Å². The van der Waals surface area contributed by atoms with Crippen LogP contribution in [0.15, 0.2) is 35.4 Å². The quantitative estimate of drug-likeness (QED) is 0.545. The number of hydrogen-bond donors (Lipinski definition) is 2. The second kappa shape index (κ2) is 10.5. The molecule has 0 fully saturated rings. The van der Waals surface area contributed by atoms with E-state index in [9.17, 15) is 18.0 Å². The first-order valence-corrected chi connectivity index (χ1v) is 11.6. The lowest BCUT2D eigenvalue weighted by Crippen LogP contribution is -2.42. The molecule has 10 nitrogen and oxygen atoms in total. The summed E-state index contributed by atoms with van der Waals surface area (Å²) in [6.07, 6.45) is 1.30. The lowest BCUT2D eigenvalue weighted by Gasteiger charge is -2.17. The molecule has 2 N–H and O–H groups in total. The molecule has 2 aromatic rings. The van der Waals surface area contributed by atoms with Crippen molar-refractivity contribution in [1.29, 1.82) is 0 Å². The van der Waals surface area contributed by atoms with Crippen LogP contribution in [0.2, 0.25) is 0 Å². The van der Waals surface area contributed by atoms with Gasteiger partial charge in [-0.1, -0.05) is 13.8 Å². The molecule has 0 atom stereocenters. The summed E-state index contributed by atoms with van der Waals surface area (Å²) in [6.45, 7) is 7.86. The summed E-state index contributed by atoms with van der Waals surface area (Å²) >= 11 is 0. The highest BCUT2D eigenvalue weighted by molar-refractivity contribution is 7.89. The number of carbonyl (C=O) groups excluding carboxylic acids is 2. The number of aryl methyl sites for hydroxylation is 1. The van der Waals surface area contributed by atoms with Crippen molar-refractivity contribution in [3.05, 3.63) is 41.7 Å². The summed E-state index contributed by atoms with van der Waals surface area (Å²) in [7, 11) is -0.696. The van der Waals surface area contributed by atoms with E-state index in [1.807, 2.05) is 13.8 Å². The summed E-state index contributed by atoms with van der Waals surface area (Å²) < 4.78 is 38.9. The third-order valence-corrected chi connectivity index (χ3v) is 6.65. The minimum absolute atomic E-state index is 0.00524. The Bertz CT molecular complexity index is 1070. The van der Waals surface area contributed by atoms with Gasteiger partial charge in [0.2, 0.25) is 10.0 Å². The molecule has 32 heavy (non-hydrogen) atoms. The Kier molecular flexibility index (Phi) is 8.28. The molecule has 0 aliphatic carbocycles. The zero-order chi connectivity index (χ0) is 24.1. The molecule has 1 heterocycles. The van der Waals surface area contributed by atoms with Gasteiger partial charge in [0.1, 0.15) is 10.6 Å². The molecule has 0 saturated carbocycles. The lowest BCUT2D eigenvalue weighted by molar-refractivity contribution is 0.0842. The van der Waals surface area contributed by atoms with Crippen molar-refractivity contribution >= 4 is 21.8 Å². The fraction of sp³-hybridized carbons (Fsp3) is 0.429. The predicted octanol–water partition coefficient (Wildman–Crippen LogP) is 1.93. The molecular weight excluding hydrogens is 436 g/mol. The van der Waals surface area contributed by atoms with E-state index in [-0.39, 0.29) is 22.3 Å². The van der Waals surface area contributed by atoms with Crippen molar-refractivity contribution < 1.29 is 27.5 Å². The van der Waals surface area contributed by atoms with Gasteiger partial charge in [-0.05, 0) is 38.1 Å². The van der Waals surface area contributed by atoms with Gasteiger partial charge in [0.25, 0.3) is 11.8 Å². The maximum absolute atomic E-state index is 12.7. The standard InChI is InChI=1S/C21H30N4O6S/c1-7-25(8-2)32(28,29)16-12-17(24(5)13-16)21(27)23-22-20(26)15-9-10-18(31-14(3)4)19(11-15)30-6/h9-14H,7-8H2,1-6H3,(H,22,26)(H,23,27). The number of nitrogens with zero attached hydrogens (tertiary/aromatic N) is 2. The SMILES string of the molecule is CCN(CC)S(=O)(=O)c1cc(C(=O)NNC(=O)c2ccc(OC(C)C)c(OC)c2)n(C)c1. The highest BCUT2D eigenvalue weighted by Gasteiger charge is 2.25. The monoisotopic (exact) mass is 466 g/mol. The Morgan fingerprint density at radius 2 is 1.69 bits per heavy atom. The molecule has 11 heteroatoms. The molecule has 2 rings (SSSR count). The summed E-state index contributed by atoms with van der Waals surface area (Å²) in [5, 5.41) is 0. The minimum Gasteiger partial charge on any atom is -0.493 e. The van der Waals surface area contributed by atoms with Crippen molar-refractivity contribution in [3.63, 3.8) is 0 Å². The second-order valence-corrected chi connectivity index (χ2v) is 9.14. The van der Waals surface area contributed by atoms with Crippen LogP contribution < -0.4 is 20.3 Å². The van der Waals surface area contributed by atoms with Gasteiger partial charge in [0.15, 0.2) is 11.5 Å². The van der Waals surface area contributed by atoms with Crippen LogP contribution in [-0.4, -0.2) is 55.4 Å². The second-order valence-electron chi connectivity index (χ2n) is 7.20. The number of nitrogens with one attached hydrogen (secondary N) is 2. The number of hydrogen-bond acceptors (Lipinski definition) is 6. The van der Waals surface area contributed by atoms with Crippen LogP contribution in [0.1, 0.15) is 48.5 Å². The van der Waals surface area contributed by atoms with E-state index in [1.54, 1.807) is 33.0 Å². The normalized spacial score (nSPS) is 11.5.